The quantitative estimate of drug-likeness (QED) is 0.754. The highest BCUT2D eigenvalue weighted by atomic mass is 16.5. The summed E-state index contributed by atoms with van der Waals surface area (Å²) in [6.07, 6.45) is 1.64. The number of hydrogen-bond acceptors (Lipinski definition) is 4. The maximum Gasteiger partial charge on any atom is 0.339 e. The number of ether oxygens (including phenoxy) is 1. The number of carbonyl (C=O) groups excluding carboxylic acids is 3. The fraction of sp³-hybridized carbons (Fsp3) is 0.348. The summed E-state index contributed by atoms with van der Waals surface area (Å²) in [4.78, 5) is 41.2. The van der Waals surface area contributed by atoms with Gasteiger partial charge in [-0.05, 0) is 42.2 Å². The fourth-order valence-electron chi connectivity index (χ4n) is 4.11. The first-order valence-electron chi connectivity index (χ1n) is 9.86. The number of cyclic esters (lactones) is 1. The van der Waals surface area contributed by atoms with Crippen LogP contribution in [0.4, 0.5) is 0 Å². The number of benzene rings is 2. The topological polar surface area (TPSA) is 66.9 Å². The molecule has 0 aromatic heterocycles. The summed E-state index contributed by atoms with van der Waals surface area (Å²) in [6.45, 7) is 0.564. The Morgan fingerprint density at radius 3 is 2.59 bits per heavy atom. The summed E-state index contributed by atoms with van der Waals surface area (Å²) >= 11 is 0. The van der Waals surface area contributed by atoms with Gasteiger partial charge in [0.15, 0.2) is 0 Å². The minimum Gasteiger partial charge on any atom is -0.454 e. The average Bonchev–Trinajstić information content (AvgIpc) is 3.22. The van der Waals surface area contributed by atoms with Crippen LogP contribution in [-0.2, 0) is 16.0 Å². The molecule has 6 nitrogen and oxygen atoms in total. The lowest BCUT2D eigenvalue weighted by molar-refractivity contribution is -0.132. The zero-order valence-corrected chi connectivity index (χ0v) is 16.6. The molecule has 2 aliphatic rings. The minimum absolute atomic E-state index is 0.0541. The van der Waals surface area contributed by atoms with Crippen molar-refractivity contribution in [2.75, 3.05) is 20.6 Å². The monoisotopic (exact) mass is 392 g/mol. The predicted octanol–water partition coefficient (Wildman–Crippen LogP) is 2.83. The van der Waals surface area contributed by atoms with Gasteiger partial charge < -0.3 is 14.5 Å². The molecule has 0 bridgehead atoms. The summed E-state index contributed by atoms with van der Waals surface area (Å²) in [6, 6.07) is 14.3. The van der Waals surface area contributed by atoms with E-state index < -0.39 is 6.04 Å². The average molecular weight is 392 g/mol. The van der Waals surface area contributed by atoms with Gasteiger partial charge >= 0.3 is 5.97 Å². The molecule has 4 rings (SSSR count). The lowest BCUT2D eigenvalue weighted by atomic mass is 9.93. The normalized spacial score (nSPS) is 20.8. The molecule has 0 radical (unpaired) electrons. The summed E-state index contributed by atoms with van der Waals surface area (Å²) in [5.74, 6) is -0.594. The van der Waals surface area contributed by atoms with Crippen molar-refractivity contribution in [1.29, 1.82) is 0 Å². The fourth-order valence-corrected chi connectivity index (χ4v) is 4.11. The number of fused-ring (bicyclic) bond motifs is 1. The Morgan fingerprint density at radius 2 is 1.86 bits per heavy atom. The van der Waals surface area contributed by atoms with E-state index >= 15 is 0 Å². The number of carbonyl (C=O) groups is 3. The maximum atomic E-state index is 13.1. The number of likely N-dealkylation sites (tertiary alicyclic amines) is 1. The Kier molecular flexibility index (Phi) is 5.09. The number of hydrogen-bond donors (Lipinski definition) is 0. The molecule has 2 atom stereocenters. The van der Waals surface area contributed by atoms with Gasteiger partial charge in [0, 0.05) is 32.6 Å². The van der Waals surface area contributed by atoms with Crippen LogP contribution < -0.4 is 0 Å². The smallest absolute Gasteiger partial charge is 0.339 e. The number of esters is 1. The van der Waals surface area contributed by atoms with Gasteiger partial charge in [-0.3, -0.25) is 9.59 Å². The summed E-state index contributed by atoms with van der Waals surface area (Å²) in [7, 11) is 3.41. The number of nitrogens with zero attached hydrogens (tertiary/aromatic N) is 2. The molecule has 29 heavy (non-hydrogen) atoms. The predicted molar refractivity (Wildman–Crippen MR) is 107 cm³/mol. The van der Waals surface area contributed by atoms with Crippen molar-refractivity contribution < 1.29 is 19.1 Å². The van der Waals surface area contributed by atoms with Crippen molar-refractivity contribution in [2.24, 2.45) is 0 Å². The Balaban J connectivity index is 1.60. The van der Waals surface area contributed by atoms with Crippen LogP contribution in [-0.4, -0.2) is 54.3 Å². The van der Waals surface area contributed by atoms with Crippen molar-refractivity contribution in [2.45, 2.75) is 31.4 Å². The van der Waals surface area contributed by atoms with Crippen molar-refractivity contribution in [1.82, 2.24) is 9.80 Å². The molecule has 1 fully saturated rings. The summed E-state index contributed by atoms with van der Waals surface area (Å²) in [5.41, 5.74) is 2.73. The van der Waals surface area contributed by atoms with Gasteiger partial charge in [0.2, 0.25) is 5.91 Å². The molecule has 0 N–H and O–H groups in total. The zero-order chi connectivity index (χ0) is 20.5. The highest BCUT2D eigenvalue weighted by Gasteiger charge is 2.36. The molecule has 0 spiro atoms. The first-order valence-corrected chi connectivity index (χ1v) is 9.86. The zero-order valence-electron chi connectivity index (χ0n) is 16.6. The summed E-state index contributed by atoms with van der Waals surface area (Å²) < 4.78 is 5.59. The van der Waals surface area contributed by atoms with Crippen LogP contribution in [0.1, 0.15) is 50.8 Å². The van der Waals surface area contributed by atoms with Crippen LogP contribution in [0.15, 0.2) is 48.5 Å². The number of rotatable bonds is 3. The second kappa shape index (κ2) is 7.70. The largest absolute Gasteiger partial charge is 0.454 e. The molecule has 0 aliphatic carbocycles. The Labute approximate surface area is 170 Å². The molecule has 2 aromatic carbocycles. The van der Waals surface area contributed by atoms with Crippen LogP contribution in [0.2, 0.25) is 0 Å². The molecule has 6 heteroatoms. The molecule has 150 valence electrons. The van der Waals surface area contributed by atoms with E-state index in [1.165, 1.54) is 4.90 Å². The highest BCUT2D eigenvalue weighted by Crippen LogP contribution is 2.31. The molecule has 2 amide bonds. The van der Waals surface area contributed by atoms with Crippen LogP contribution in [0.25, 0.3) is 0 Å². The van der Waals surface area contributed by atoms with E-state index in [0.717, 1.165) is 17.5 Å². The van der Waals surface area contributed by atoms with Crippen LogP contribution in [0.5, 0.6) is 0 Å². The van der Waals surface area contributed by atoms with Gasteiger partial charge in [-0.15, -0.1) is 0 Å². The van der Waals surface area contributed by atoms with Crippen molar-refractivity contribution in [3.05, 3.63) is 70.8 Å². The lowest BCUT2D eigenvalue weighted by Crippen LogP contribution is -2.45. The summed E-state index contributed by atoms with van der Waals surface area (Å²) in [5, 5.41) is 0. The van der Waals surface area contributed by atoms with Crippen LogP contribution in [0, 0.1) is 0 Å². The standard InChI is InChI=1S/C23H24N2O4/c1-24(2)22(27)19-9-6-12-25(19)21(26)16-10-11-18-17(13-16)14-20(29-23(18)28)15-7-4-3-5-8-15/h3-5,7-8,10-11,13,19-20H,6,9,12,14H2,1-2H3. The Morgan fingerprint density at radius 1 is 1.10 bits per heavy atom. The Bertz CT molecular complexity index is 955. The Hall–Kier alpha value is -3.15. The molecule has 1 saturated heterocycles. The van der Waals surface area contributed by atoms with E-state index in [0.29, 0.717) is 30.5 Å². The van der Waals surface area contributed by atoms with E-state index in [4.69, 9.17) is 4.74 Å². The molecule has 2 heterocycles. The van der Waals surface area contributed by atoms with E-state index in [1.54, 1.807) is 37.2 Å². The molecule has 0 saturated carbocycles. The van der Waals surface area contributed by atoms with Gasteiger partial charge in [0.25, 0.3) is 5.91 Å². The highest BCUT2D eigenvalue weighted by molar-refractivity contribution is 6.00. The first-order chi connectivity index (χ1) is 14.0. The van der Waals surface area contributed by atoms with Crippen molar-refractivity contribution >= 4 is 17.8 Å². The van der Waals surface area contributed by atoms with E-state index in [2.05, 4.69) is 0 Å². The molecule has 2 aliphatic heterocycles. The lowest BCUT2D eigenvalue weighted by Gasteiger charge is -2.28. The van der Waals surface area contributed by atoms with Gasteiger partial charge in [-0.25, -0.2) is 4.79 Å². The SMILES string of the molecule is CN(C)C(=O)C1CCCN1C(=O)c1ccc2c(c1)CC(c1ccccc1)OC2=O. The van der Waals surface area contributed by atoms with E-state index in [1.807, 2.05) is 30.3 Å². The van der Waals surface area contributed by atoms with Gasteiger partial charge in [0.05, 0.1) is 5.56 Å². The molecule has 2 aromatic rings. The second-order valence-corrected chi connectivity index (χ2v) is 7.77. The van der Waals surface area contributed by atoms with Crippen molar-refractivity contribution in [3.8, 4) is 0 Å². The first kappa shape index (κ1) is 19.2. The number of amides is 2. The van der Waals surface area contributed by atoms with Gasteiger partial charge in [-0.2, -0.15) is 0 Å². The van der Waals surface area contributed by atoms with Gasteiger partial charge in [-0.1, -0.05) is 30.3 Å². The number of likely N-dealkylation sites (N-methyl/N-ethyl adjacent to an activating group) is 1. The van der Waals surface area contributed by atoms with Crippen LogP contribution >= 0.6 is 0 Å². The minimum atomic E-state index is -0.421. The molecular weight excluding hydrogens is 368 g/mol. The third-order valence-electron chi connectivity index (χ3n) is 5.64. The van der Waals surface area contributed by atoms with E-state index in [-0.39, 0.29) is 23.9 Å². The van der Waals surface area contributed by atoms with Gasteiger partial charge in [0.1, 0.15) is 12.1 Å². The van der Waals surface area contributed by atoms with E-state index in [9.17, 15) is 14.4 Å². The maximum absolute atomic E-state index is 13.1. The van der Waals surface area contributed by atoms with Crippen LogP contribution in [0.3, 0.4) is 0 Å². The molecular formula is C23H24N2O4. The third-order valence-corrected chi connectivity index (χ3v) is 5.64. The van der Waals surface area contributed by atoms with Crippen molar-refractivity contribution in [3.63, 3.8) is 0 Å². The molecule has 2 unspecified atom stereocenters. The third kappa shape index (κ3) is 3.62. The second-order valence-electron chi connectivity index (χ2n) is 7.77.